The van der Waals surface area contributed by atoms with Crippen LogP contribution >= 0.6 is 45.2 Å². The van der Waals surface area contributed by atoms with E-state index >= 15 is 0 Å². The molecule has 13 heavy (non-hydrogen) atoms. The minimum Gasteiger partial charge on any atom is -0.545 e. The molecule has 0 aliphatic heterocycles. The predicted octanol–water partition coefficient (Wildman–Crippen LogP) is -2.03. The molecule has 0 aliphatic rings. The molecule has 0 saturated heterocycles. The number of aromatic carboxylic acids is 1. The second-order valence-electron chi connectivity index (χ2n) is 2.04. The summed E-state index contributed by atoms with van der Waals surface area (Å²) in [5, 5.41) is 19.7. The number of aromatic hydroxyl groups is 1. The van der Waals surface area contributed by atoms with Crippen LogP contribution in [0.5, 0.6) is 5.75 Å². The first-order valence-corrected chi connectivity index (χ1v) is 5.08. The molecule has 6 heteroatoms. The smallest absolute Gasteiger partial charge is 0.545 e. The first-order valence-electron chi connectivity index (χ1n) is 2.92. The third-order valence-corrected chi connectivity index (χ3v) is 4.31. The summed E-state index contributed by atoms with van der Waals surface area (Å²) in [6, 6.07) is 2.95. The number of carbonyl (C=O) groups is 1. The fraction of sp³-hybridized carbons (Fsp3) is 0. The van der Waals surface area contributed by atoms with Crippen molar-refractivity contribution in [1.29, 1.82) is 0 Å². The number of hydrogen-bond acceptors (Lipinski definition) is 3. The SMILES string of the molecule is O=C([O-])c1ccc(I)c(I)c1O.[Na+]. The number of carboxylic acid groups (broad SMARTS) is 1. The van der Waals surface area contributed by atoms with Gasteiger partial charge in [-0.1, -0.05) is 0 Å². The van der Waals surface area contributed by atoms with E-state index in [9.17, 15) is 15.0 Å². The normalized spacial score (nSPS) is 9.08. The maximum Gasteiger partial charge on any atom is 1.00 e. The van der Waals surface area contributed by atoms with Crippen LogP contribution in [0.1, 0.15) is 10.4 Å². The standard InChI is InChI=1S/C7H4I2O3.Na/c8-4-2-1-3(7(11)12)6(10)5(4)9;/h1-2,10H,(H,11,12);/q;+1/p-1. The van der Waals surface area contributed by atoms with Crippen LogP contribution in [0, 0.1) is 7.14 Å². The Kier molecular flexibility index (Phi) is 6.16. The molecule has 64 valence electrons. The van der Waals surface area contributed by atoms with Gasteiger partial charge in [-0.2, -0.15) is 0 Å². The molecule has 3 nitrogen and oxygen atoms in total. The van der Waals surface area contributed by atoms with Crippen LogP contribution in [0.25, 0.3) is 0 Å². The number of benzene rings is 1. The van der Waals surface area contributed by atoms with E-state index in [0.717, 1.165) is 3.57 Å². The minimum atomic E-state index is -1.36. The van der Waals surface area contributed by atoms with Gasteiger partial charge in [0.05, 0.1) is 9.54 Å². The van der Waals surface area contributed by atoms with Gasteiger partial charge in [-0.25, -0.2) is 0 Å². The summed E-state index contributed by atoms with van der Waals surface area (Å²) in [4.78, 5) is 10.4. The van der Waals surface area contributed by atoms with E-state index in [-0.39, 0.29) is 40.9 Å². The van der Waals surface area contributed by atoms with Gasteiger partial charge in [0.25, 0.3) is 0 Å². The molecule has 0 aliphatic carbocycles. The monoisotopic (exact) mass is 412 g/mol. The molecule has 0 aromatic heterocycles. The second-order valence-corrected chi connectivity index (χ2v) is 4.29. The third-order valence-electron chi connectivity index (χ3n) is 1.29. The number of phenols is 1. The third kappa shape index (κ3) is 3.22. The Balaban J connectivity index is 0.00000144. The van der Waals surface area contributed by atoms with Crippen molar-refractivity contribution in [2.24, 2.45) is 0 Å². The number of halogens is 2. The zero-order valence-corrected chi connectivity index (χ0v) is 13.0. The largest absolute Gasteiger partial charge is 1.00 e. The van der Waals surface area contributed by atoms with E-state index in [1.165, 1.54) is 6.07 Å². The fourth-order valence-electron chi connectivity index (χ4n) is 0.705. The van der Waals surface area contributed by atoms with E-state index in [2.05, 4.69) is 0 Å². The van der Waals surface area contributed by atoms with Crippen molar-refractivity contribution in [1.82, 2.24) is 0 Å². The molecule has 0 fully saturated rings. The zero-order valence-electron chi connectivity index (χ0n) is 6.67. The Morgan fingerprint density at radius 2 is 1.92 bits per heavy atom. The molecular weight excluding hydrogens is 409 g/mol. The summed E-state index contributed by atoms with van der Waals surface area (Å²) in [5.74, 6) is -1.58. The van der Waals surface area contributed by atoms with Crippen LogP contribution in [0.2, 0.25) is 0 Å². The summed E-state index contributed by atoms with van der Waals surface area (Å²) >= 11 is 3.89. The predicted molar refractivity (Wildman–Crippen MR) is 57.9 cm³/mol. The average Bonchev–Trinajstić information content (AvgIpc) is 2.00. The van der Waals surface area contributed by atoms with Crippen LogP contribution < -0.4 is 34.7 Å². The molecule has 0 amide bonds. The topological polar surface area (TPSA) is 60.4 Å². The number of carboxylic acids is 1. The van der Waals surface area contributed by atoms with Gasteiger partial charge in [-0.15, -0.1) is 0 Å². The second kappa shape index (κ2) is 5.74. The molecule has 0 heterocycles. The van der Waals surface area contributed by atoms with Crippen molar-refractivity contribution in [3.63, 3.8) is 0 Å². The summed E-state index contributed by atoms with van der Waals surface area (Å²) < 4.78 is 1.35. The van der Waals surface area contributed by atoms with E-state index in [1.807, 2.05) is 45.2 Å². The van der Waals surface area contributed by atoms with E-state index in [4.69, 9.17) is 0 Å². The van der Waals surface area contributed by atoms with Crippen molar-refractivity contribution < 1.29 is 44.6 Å². The van der Waals surface area contributed by atoms with Crippen molar-refractivity contribution >= 4 is 51.2 Å². The van der Waals surface area contributed by atoms with E-state index < -0.39 is 5.97 Å². The molecule has 0 bridgehead atoms. The summed E-state index contributed by atoms with van der Waals surface area (Å²) in [6.07, 6.45) is 0. The summed E-state index contributed by atoms with van der Waals surface area (Å²) in [7, 11) is 0. The van der Waals surface area contributed by atoms with Gasteiger partial charge in [-0.05, 0) is 57.3 Å². The maximum atomic E-state index is 10.4. The van der Waals surface area contributed by atoms with Gasteiger partial charge in [0.15, 0.2) is 0 Å². The van der Waals surface area contributed by atoms with Crippen molar-refractivity contribution in [3.05, 3.63) is 24.8 Å². The molecule has 1 N–H and O–H groups in total. The molecule has 1 rings (SSSR count). The van der Waals surface area contributed by atoms with Gasteiger partial charge in [0.2, 0.25) is 0 Å². The fourth-order valence-corrected chi connectivity index (χ4v) is 1.61. The Labute approximate surface area is 124 Å². The quantitative estimate of drug-likeness (QED) is 0.428. The molecule has 0 saturated carbocycles. The molecule has 0 atom stereocenters. The molecule has 0 radical (unpaired) electrons. The minimum absolute atomic E-state index is 0. The Morgan fingerprint density at radius 3 is 2.38 bits per heavy atom. The first-order chi connectivity index (χ1) is 5.54. The number of hydrogen-bond donors (Lipinski definition) is 1. The van der Waals surface area contributed by atoms with Gasteiger partial charge >= 0.3 is 29.6 Å². The first kappa shape index (κ1) is 13.9. The van der Waals surface area contributed by atoms with Crippen LogP contribution in [0.3, 0.4) is 0 Å². The number of carbonyl (C=O) groups excluding carboxylic acids is 1. The van der Waals surface area contributed by atoms with E-state index in [0.29, 0.717) is 3.57 Å². The van der Waals surface area contributed by atoms with Crippen LogP contribution in [0.15, 0.2) is 12.1 Å². The number of rotatable bonds is 1. The van der Waals surface area contributed by atoms with Crippen molar-refractivity contribution in [3.8, 4) is 5.75 Å². The van der Waals surface area contributed by atoms with E-state index in [1.54, 1.807) is 6.07 Å². The van der Waals surface area contributed by atoms with Crippen molar-refractivity contribution in [2.45, 2.75) is 0 Å². The zero-order chi connectivity index (χ0) is 9.30. The Bertz CT molecular complexity index is 341. The molecule has 1 aromatic carbocycles. The summed E-state index contributed by atoms with van der Waals surface area (Å²) in [6.45, 7) is 0. The average molecular weight is 412 g/mol. The van der Waals surface area contributed by atoms with Gasteiger partial charge in [0, 0.05) is 9.13 Å². The Hall–Kier alpha value is 0.950. The van der Waals surface area contributed by atoms with Crippen LogP contribution in [-0.4, -0.2) is 11.1 Å². The van der Waals surface area contributed by atoms with Crippen LogP contribution in [0.4, 0.5) is 0 Å². The van der Waals surface area contributed by atoms with Gasteiger partial charge in [-0.3, -0.25) is 0 Å². The van der Waals surface area contributed by atoms with Gasteiger partial charge in [0.1, 0.15) is 5.75 Å². The maximum absolute atomic E-state index is 10.4. The van der Waals surface area contributed by atoms with Crippen molar-refractivity contribution in [2.75, 3.05) is 0 Å². The Morgan fingerprint density at radius 1 is 1.38 bits per heavy atom. The summed E-state index contributed by atoms with van der Waals surface area (Å²) in [5.41, 5.74) is -0.167. The van der Waals surface area contributed by atoms with Crippen LogP contribution in [-0.2, 0) is 0 Å². The van der Waals surface area contributed by atoms with Gasteiger partial charge < -0.3 is 15.0 Å². The molecular formula is C7H3I2NaO3. The molecule has 0 unspecified atom stereocenters. The molecule has 0 spiro atoms. The molecule has 1 aromatic rings.